The van der Waals surface area contributed by atoms with E-state index < -0.39 is 5.97 Å². The fourth-order valence-corrected chi connectivity index (χ4v) is 3.95. The summed E-state index contributed by atoms with van der Waals surface area (Å²) in [6, 6.07) is 0. The molecular weight excluding hydrogens is 504 g/mol. The molecule has 0 amide bonds. The van der Waals surface area contributed by atoms with Crippen molar-refractivity contribution in [3.63, 3.8) is 0 Å². The van der Waals surface area contributed by atoms with Crippen LogP contribution in [0.2, 0.25) is 0 Å². The fraction of sp³-hybridized carbons (Fsp3) is 0.900. The zero-order chi connectivity index (χ0) is 28.7. The summed E-state index contributed by atoms with van der Waals surface area (Å²) >= 11 is 0. The summed E-state index contributed by atoms with van der Waals surface area (Å²) in [6.45, 7) is 4.94. The quantitative estimate of drug-likeness (QED) is 0.0775. The molecule has 1 N–H and O–H groups in total. The maximum atomic E-state index is 11.8. The molecule has 0 aromatic rings. The van der Waals surface area contributed by atoms with Gasteiger partial charge in [-0.1, -0.05) is 84.0 Å². The van der Waals surface area contributed by atoms with E-state index in [-0.39, 0.29) is 44.6 Å². The molecule has 0 rings (SSSR count). The van der Waals surface area contributed by atoms with E-state index in [2.05, 4.69) is 6.92 Å². The molecular formula is C30H56O9. The Kier molecular flexibility index (Phi) is 29.5. The van der Waals surface area contributed by atoms with E-state index in [0.717, 1.165) is 12.8 Å². The van der Waals surface area contributed by atoms with Crippen LogP contribution < -0.4 is 0 Å². The lowest BCUT2D eigenvalue weighted by Gasteiger charge is -2.08. The second-order valence-electron chi connectivity index (χ2n) is 9.87. The predicted octanol–water partition coefficient (Wildman–Crippen LogP) is 6.25. The molecule has 0 aromatic heterocycles. The highest BCUT2D eigenvalue weighted by Crippen LogP contribution is 2.13. The van der Waals surface area contributed by atoms with Crippen molar-refractivity contribution < 1.29 is 43.2 Å². The molecule has 0 radical (unpaired) electrons. The molecule has 0 bridgehead atoms. The van der Waals surface area contributed by atoms with Crippen LogP contribution in [0, 0.1) is 0 Å². The average Bonchev–Trinajstić information content (AvgIpc) is 2.91. The number of aliphatic carboxylic acids is 1. The number of rotatable bonds is 31. The Labute approximate surface area is 236 Å². The van der Waals surface area contributed by atoms with E-state index in [9.17, 15) is 14.4 Å². The van der Waals surface area contributed by atoms with Crippen LogP contribution in [0.15, 0.2) is 0 Å². The largest absolute Gasteiger partial charge is 0.481 e. The summed E-state index contributed by atoms with van der Waals surface area (Å²) in [5.41, 5.74) is 0. The molecule has 230 valence electrons. The molecule has 0 spiro atoms. The van der Waals surface area contributed by atoms with Gasteiger partial charge in [0.2, 0.25) is 0 Å². The summed E-state index contributed by atoms with van der Waals surface area (Å²) in [4.78, 5) is 33.6. The van der Waals surface area contributed by atoms with Gasteiger partial charge in [0.1, 0.15) is 13.2 Å². The number of ether oxygens (including phenoxy) is 5. The lowest BCUT2D eigenvalue weighted by Crippen LogP contribution is -2.15. The highest BCUT2D eigenvalue weighted by molar-refractivity contribution is 5.70. The standard InChI is InChI=1S/C30H56O9/c1-2-3-4-5-6-7-8-9-10-11-12-13-14-18-29(33)38-26-24-36-22-20-35-21-23-37-25-27-39-30(34)19-16-15-17-28(31)32/h2-27H2,1H3,(H,31,32). The summed E-state index contributed by atoms with van der Waals surface area (Å²) in [7, 11) is 0. The van der Waals surface area contributed by atoms with Gasteiger partial charge in [0.15, 0.2) is 0 Å². The highest BCUT2D eigenvalue weighted by Gasteiger charge is 2.05. The average molecular weight is 561 g/mol. The molecule has 9 nitrogen and oxygen atoms in total. The van der Waals surface area contributed by atoms with E-state index in [0.29, 0.717) is 52.3 Å². The first-order valence-electron chi connectivity index (χ1n) is 15.3. The number of carbonyl (C=O) groups excluding carboxylic acids is 2. The van der Waals surface area contributed by atoms with Crippen molar-refractivity contribution in [2.24, 2.45) is 0 Å². The molecule has 0 aliphatic heterocycles. The van der Waals surface area contributed by atoms with Gasteiger partial charge in [-0.3, -0.25) is 14.4 Å². The number of carboxylic acid groups (broad SMARTS) is 1. The molecule has 0 saturated heterocycles. The second-order valence-corrected chi connectivity index (χ2v) is 9.87. The summed E-state index contributed by atoms with van der Waals surface area (Å²) < 4.78 is 26.3. The summed E-state index contributed by atoms with van der Waals surface area (Å²) in [6.07, 6.45) is 18.4. The van der Waals surface area contributed by atoms with Crippen molar-refractivity contribution in [3.8, 4) is 0 Å². The van der Waals surface area contributed by atoms with Gasteiger partial charge in [-0.25, -0.2) is 0 Å². The van der Waals surface area contributed by atoms with E-state index >= 15 is 0 Å². The molecule has 39 heavy (non-hydrogen) atoms. The molecule has 9 heteroatoms. The van der Waals surface area contributed by atoms with Gasteiger partial charge in [-0.2, -0.15) is 0 Å². The van der Waals surface area contributed by atoms with E-state index in [1.807, 2.05) is 0 Å². The predicted molar refractivity (Wildman–Crippen MR) is 151 cm³/mol. The first-order chi connectivity index (χ1) is 19.1. The van der Waals surface area contributed by atoms with E-state index in [4.69, 9.17) is 28.8 Å². The van der Waals surface area contributed by atoms with E-state index in [1.165, 1.54) is 70.6 Å². The topological polar surface area (TPSA) is 118 Å². The van der Waals surface area contributed by atoms with Gasteiger partial charge in [0.05, 0.1) is 39.6 Å². The van der Waals surface area contributed by atoms with Crippen LogP contribution >= 0.6 is 0 Å². The smallest absolute Gasteiger partial charge is 0.305 e. The van der Waals surface area contributed by atoms with Gasteiger partial charge >= 0.3 is 17.9 Å². The minimum Gasteiger partial charge on any atom is -0.481 e. The Bertz CT molecular complexity index is 569. The Morgan fingerprint density at radius 3 is 1.13 bits per heavy atom. The van der Waals surface area contributed by atoms with Crippen LogP contribution in [-0.4, -0.2) is 75.9 Å². The van der Waals surface area contributed by atoms with Gasteiger partial charge in [-0.15, -0.1) is 0 Å². The minimum absolute atomic E-state index is 0.0639. The molecule has 0 aliphatic carbocycles. The van der Waals surface area contributed by atoms with Crippen LogP contribution in [0.3, 0.4) is 0 Å². The van der Waals surface area contributed by atoms with Gasteiger partial charge in [-0.05, 0) is 19.3 Å². The lowest BCUT2D eigenvalue weighted by atomic mass is 10.0. The molecule has 0 atom stereocenters. The number of hydrogen-bond acceptors (Lipinski definition) is 8. The van der Waals surface area contributed by atoms with Gasteiger partial charge in [0, 0.05) is 19.3 Å². The Balaban J connectivity index is 3.22. The first-order valence-corrected chi connectivity index (χ1v) is 15.3. The summed E-state index contributed by atoms with van der Waals surface area (Å²) in [5.74, 6) is -1.36. The molecule has 0 aliphatic rings. The summed E-state index contributed by atoms with van der Waals surface area (Å²) in [5, 5.41) is 8.53. The zero-order valence-electron chi connectivity index (χ0n) is 24.6. The third kappa shape index (κ3) is 32.4. The molecule has 0 aromatic carbocycles. The number of carboxylic acids is 1. The van der Waals surface area contributed by atoms with Crippen LogP contribution in [-0.2, 0) is 38.1 Å². The van der Waals surface area contributed by atoms with Crippen molar-refractivity contribution in [3.05, 3.63) is 0 Å². The van der Waals surface area contributed by atoms with E-state index in [1.54, 1.807) is 0 Å². The normalized spacial score (nSPS) is 11.0. The first kappa shape index (κ1) is 37.3. The van der Waals surface area contributed by atoms with Crippen molar-refractivity contribution in [1.29, 1.82) is 0 Å². The molecule has 0 unspecified atom stereocenters. The number of hydrogen-bond donors (Lipinski definition) is 1. The fourth-order valence-electron chi connectivity index (χ4n) is 3.95. The zero-order valence-corrected chi connectivity index (χ0v) is 24.6. The Hall–Kier alpha value is -1.71. The van der Waals surface area contributed by atoms with Crippen LogP contribution in [0.4, 0.5) is 0 Å². The monoisotopic (exact) mass is 560 g/mol. The van der Waals surface area contributed by atoms with Crippen molar-refractivity contribution in [2.75, 3.05) is 52.9 Å². The van der Waals surface area contributed by atoms with Crippen LogP contribution in [0.1, 0.15) is 122 Å². The maximum absolute atomic E-state index is 11.8. The SMILES string of the molecule is CCCCCCCCCCCCCCCC(=O)OCCOCCOCCOCCOC(=O)CCCCC(=O)O. The van der Waals surface area contributed by atoms with Crippen molar-refractivity contribution in [1.82, 2.24) is 0 Å². The molecule has 0 fully saturated rings. The van der Waals surface area contributed by atoms with Crippen molar-refractivity contribution in [2.45, 2.75) is 122 Å². The number of unbranched alkanes of at least 4 members (excludes halogenated alkanes) is 13. The number of esters is 2. The molecule has 0 saturated carbocycles. The Morgan fingerprint density at radius 1 is 0.436 bits per heavy atom. The Morgan fingerprint density at radius 2 is 0.744 bits per heavy atom. The third-order valence-electron chi connectivity index (χ3n) is 6.23. The lowest BCUT2D eigenvalue weighted by molar-refractivity contribution is -0.146. The van der Waals surface area contributed by atoms with Gasteiger partial charge < -0.3 is 28.8 Å². The maximum Gasteiger partial charge on any atom is 0.305 e. The number of carbonyl (C=O) groups is 3. The van der Waals surface area contributed by atoms with Gasteiger partial charge in [0.25, 0.3) is 0 Å². The molecule has 0 heterocycles. The second kappa shape index (κ2) is 30.8. The van der Waals surface area contributed by atoms with Crippen LogP contribution in [0.25, 0.3) is 0 Å². The minimum atomic E-state index is -0.860. The highest BCUT2D eigenvalue weighted by atomic mass is 16.6. The van der Waals surface area contributed by atoms with Crippen LogP contribution in [0.5, 0.6) is 0 Å². The third-order valence-corrected chi connectivity index (χ3v) is 6.23. The van der Waals surface area contributed by atoms with Crippen molar-refractivity contribution >= 4 is 17.9 Å².